The molecule has 3 N–H and O–H groups in total. The third-order valence-corrected chi connectivity index (χ3v) is 16.8. The first-order valence-electron chi connectivity index (χ1n) is 29.6. The Bertz CT molecular complexity index is 3370. The molecule has 0 bridgehead atoms. The highest BCUT2D eigenvalue weighted by molar-refractivity contribution is 6.08. The normalized spacial score (nSPS) is 19.9. The van der Waals surface area contributed by atoms with Crippen LogP contribution >= 0.6 is 0 Å². The summed E-state index contributed by atoms with van der Waals surface area (Å²) in [6.45, 7) is 11.8. The molecule has 23 heteroatoms. The molecule has 4 aromatic carbocycles. The van der Waals surface area contributed by atoms with Gasteiger partial charge in [-0.05, 0) is 109 Å². The minimum absolute atomic E-state index is 0.00814. The summed E-state index contributed by atoms with van der Waals surface area (Å²) < 4.78 is 46.1. The molecule has 5 heterocycles. The van der Waals surface area contributed by atoms with Crippen LogP contribution in [-0.4, -0.2) is 160 Å². The zero-order chi connectivity index (χ0) is 62.4. The summed E-state index contributed by atoms with van der Waals surface area (Å²) in [5, 5.41) is 17.9. The maximum absolute atomic E-state index is 14.5. The van der Waals surface area contributed by atoms with Crippen LogP contribution in [0.15, 0.2) is 104 Å². The Balaban J connectivity index is 0.814. The number of aliphatic hydroxyl groups is 1. The number of fused-ring (bicyclic) bond motifs is 4. The molecule has 3 fully saturated rings. The number of carbonyl (C=O) groups excluding carboxylic acids is 7. The molecule has 0 aromatic heterocycles. The molecule has 10 rings (SSSR count). The number of anilines is 3. The van der Waals surface area contributed by atoms with E-state index in [-0.39, 0.29) is 115 Å². The number of nitrogens with one attached hydrogen (secondary N) is 2. The van der Waals surface area contributed by atoms with Gasteiger partial charge in [-0.2, -0.15) is 0 Å². The van der Waals surface area contributed by atoms with Crippen molar-refractivity contribution in [1.82, 2.24) is 20.0 Å². The van der Waals surface area contributed by atoms with Crippen LogP contribution in [0.3, 0.4) is 0 Å². The number of ether oxygens (including phenoxy) is 8. The first kappa shape index (κ1) is 61.8. The number of nitrogens with zero attached hydrogens (tertiary/aromatic N) is 5. The molecular weight excluding hydrogens is 1130 g/mol. The number of benzene rings is 4. The first-order chi connectivity index (χ1) is 42.5. The number of hydrogen-bond donors (Lipinski definition) is 3. The van der Waals surface area contributed by atoms with Gasteiger partial charge in [0, 0.05) is 43.5 Å². The van der Waals surface area contributed by atoms with Crippen LogP contribution < -0.4 is 44.1 Å². The zero-order valence-corrected chi connectivity index (χ0v) is 50.2. The Morgan fingerprint density at radius 2 is 1.42 bits per heavy atom. The summed E-state index contributed by atoms with van der Waals surface area (Å²) >= 11 is 0. The number of amides is 7. The molecule has 2 saturated heterocycles. The van der Waals surface area contributed by atoms with Crippen molar-refractivity contribution in [3.05, 3.63) is 127 Å². The molecule has 7 amide bonds. The van der Waals surface area contributed by atoms with E-state index in [0.717, 1.165) is 28.9 Å². The largest absolute Gasteiger partial charge is 0.497 e. The fraction of sp³-hybridized carbons (Fsp3) is 0.431. The minimum Gasteiger partial charge on any atom is -0.497 e. The minimum atomic E-state index is -1.50. The van der Waals surface area contributed by atoms with Gasteiger partial charge in [-0.1, -0.05) is 63.4 Å². The van der Waals surface area contributed by atoms with E-state index in [4.69, 9.17) is 37.9 Å². The average molecular weight is 1210 g/mol. The van der Waals surface area contributed by atoms with Gasteiger partial charge in [-0.3, -0.25) is 29.0 Å². The van der Waals surface area contributed by atoms with Gasteiger partial charge in [0.15, 0.2) is 29.2 Å². The third-order valence-electron chi connectivity index (χ3n) is 16.8. The summed E-state index contributed by atoms with van der Waals surface area (Å²) in [7, 11) is 4.47. The fourth-order valence-electron chi connectivity index (χ4n) is 12.1. The molecule has 1 spiro atoms. The average Bonchev–Trinajstić information content (AvgIpc) is 1.61. The van der Waals surface area contributed by atoms with Crippen molar-refractivity contribution in [2.45, 2.75) is 102 Å². The van der Waals surface area contributed by atoms with Crippen molar-refractivity contribution in [3.8, 4) is 28.7 Å². The first-order valence-corrected chi connectivity index (χ1v) is 29.6. The predicted molar refractivity (Wildman–Crippen MR) is 324 cm³/mol. The topological polar surface area (TPSA) is 254 Å². The lowest BCUT2D eigenvalue weighted by molar-refractivity contribution is -0.129. The second-order valence-corrected chi connectivity index (χ2v) is 23.2. The van der Waals surface area contributed by atoms with Gasteiger partial charge in [0.05, 0.1) is 75.7 Å². The van der Waals surface area contributed by atoms with Crippen LogP contribution in [0.25, 0.3) is 5.57 Å². The highest BCUT2D eigenvalue weighted by Crippen LogP contribution is 2.57. The zero-order valence-electron chi connectivity index (χ0n) is 50.2. The molecule has 1 aliphatic carbocycles. The van der Waals surface area contributed by atoms with Crippen molar-refractivity contribution < 1.29 is 76.6 Å². The molecule has 1 saturated carbocycles. The van der Waals surface area contributed by atoms with Crippen LogP contribution in [0.2, 0.25) is 0 Å². The van der Waals surface area contributed by atoms with Crippen molar-refractivity contribution in [1.29, 1.82) is 0 Å². The third kappa shape index (κ3) is 13.2. The van der Waals surface area contributed by atoms with Gasteiger partial charge in [0.1, 0.15) is 37.7 Å². The van der Waals surface area contributed by atoms with E-state index >= 15 is 0 Å². The monoisotopic (exact) mass is 1210 g/mol. The quantitative estimate of drug-likeness (QED) is 0.0378. The van der Waals surface area contributed by atoms with Gasteiger partial charge < -0.3 is 63.4 Å². The summed E-state index contributed by atoms with van der Waals surface area (Å²) in [6, 6.07) is 17.4. The molecule has 1 unspecified atom stereocenters. The van der Waals surface area contributed by atoms with Crippen LogP contribution in [0, 0.1) is 11.3 Å². The molecule has 0 radical (unpaired) electrons. The van der Waals surface area contributed by atoms with E-state index in [9.17, 15) is 38.7 Å². The van der Waals surface area contributed by atoms with Crippen LogP contribution in [0.5, 0.6) is 28.7 Å². The predicted octanol–water partition coefficient (Wildman–Crippen LogP) is 8.68. The van der Waals surface area contributed by atoms with E-state index in [1.165, 1.54) is 48.3 Å². The summed E-state index contributed by atoms with van der Waals surface area (Å²) in [4.78, 5) is 104. The van der Waals surface area contributed by atoms with Crippen molar-refractivity contribution in [2.24, 2.45) is 11.3 Å². The lowest BCUT2D eigenvalue weighted by Gasteiger charge is -2.31. The number of aliphatic hydroxyl groups excluding tert-OH is 1. The van der Waals surface area contributed by atoms with Crippen molar-refractivity contribution >= 4 is 64.5 Å². The number of carbonyl (C=O) groups is 7. The van der Waals surface area contributed by atoms with E-state index in [1.807, 2.05) is 44.3 Å². The Morgan fingerprint density at radius 3 is 2.05 bits per heavy atom. The van der Waals surface area contributed by atoms with E-state index < -0.39 is 60.5 Å². The lowest BCUT2D eigenvalue weighted by Crippen LogP contribution is -2.52. The van der Waals surface area contributed by atoms with Gasteiger partial charge in [0.2, 0.25) is 11.8 Å². The molecule has 4 aromatic rings. The maximum Gasteiger partial charge on any atom is 0.416 e. The Labute approximate surface area is 510 Å². The van der Waals surface area contributed by atoms with Gasteiger partial charge >= 0.3 is 18.3 Å². The van der Waals surface area contributed by atoms with Gasteiger partial charge in [0.25, 0.3) is 11.8 Å². The van der Waals surface area contributed by atoms with Crippen LogP contribution in [-0.2, 0) is 30.4 Å². The molecule has 6 aliphatic rings. The number of rotatable bonds is 22. The number of methoxy groups -OCH3 is 3. The summed E-state index contributed by atoms with van der Waals surface area (Å²) in [6.07, 6.45) is 5.38. The Morgan fingerprint density at radius 1 is 0.773 bits per heavy atom. The molecule has 5 aliphatic heterocycles. The van der Waals surface area contributed by atoms with E-state index in [2.05, 4.69) is 23.8 Å². The maximum atomic E-state index is 14.5. The second-order valence-electron chi connectivity index (χ2n) is 23.2. The number of likely N-dealkylation sites (tertiary alicyclic amines) is 1. The smallest absolute Gasteiger partial charge is 0.416 e. The molecular formula is C65H75N7O16. The van der Waals surface area contributed by atoms with Gasteiger partial charge in [-0.25, -0.2) is 19.3 Å². The summed E-state index contributed by atoms with van der Waals surface area (Å²) in [5.74, 6) is -0.0292. The van der Waals surface area contributed by atoms with Crippen molar-refractivity contribution in [3.63, 3.8) is 0 Å². The summed E-state index contributed by atoms with van der Waals surface area (Å²) in [5.41, 5.74) is 3.28. The highest BCUT2D eigenvalue weighted by atomic mass is 16.6. The van der Waals surface area contributed by atoms with Gasteiger partial charge in [-0.15, -0.1) is 0 Å². The molecule has 466 valence electrons. The van der Waals surface area contributed by atoms with E-state index in [1.54, 1.807) is 53.3 Å². The second kappa shape index (κ2) is 26.8. The van der Waals surface area contributed by atoms with E-state index in [0.29, 0.717) is 62.2 Å². The number of hydrogen-bond acceptors (Lipinski definition) is 16. The standard InChI is InChI=1S/C65H75N7O16/c1-8-24-86-62(78)68-23-10-12-49(68)58(74)67-48(28-39(3)4)57(73)66-43-17-13-40(14-18-43)37-88-64(80)72-51-33-56(54(83-7)31-47(51)60(76)71-38-65(21-22-65)34-52(71)61(72)77)85-27-11-26-84-55-32-50-46(30-53(55)82-6)59(75)69-35-42(41-15-19-45(81-5)20-16-41)29-44(69)36-70(50)63(79)87-25-9-2/h8-9,13-20,30-33,35,39,44,48-49,52,61,77H,1-2,10-12,21-29,34,36-38H2,3-7H3,(H,66,73)(H,67,74)/t44-,48-,49-,52-,61?/m0/s1. The van der Waals surface area contributed by atoms with Crippen molar-refractivity contribution in [2.75, 3.05) is 82.5 Å². The fourth-order valence-corrected chi connectivity index (χ4v) is 12.1. The van der Waals surface area contributed by atoms with Crippen LogP contribution in [0.1, 0.15) is 97.1 Å². The lowest BCUT2D eigenvalue weighted by atomic mass is 10.0. The Kier molecular flexibility index (Phi) is 18.8. The SMILES string of the molecule is C=CCOC(=O)N1C[C@@H]2CC(c3ccc(OC)cc3)=CN2C(=O)c2cc(OC)c(OCCCOc3cc4c(cc3OC)C(=O)N3CC5(CC5)C[C@H]3C(O)N4C(=O)OCc3ccc(NC(=O)[C@H](CC(C)C)NC(=O)[C@@H]4CCCN4C(=O)OCC=C)cc3)cc21. The Hall–Kier alpha value is -9.25. The highest BCUT2D eigenvalue weighted by Gasteiger charge is 2.58. The molecule has 88 heavy (non-hydrogen) atoms. The molecule has 5 atom stereocenters. The van der Waals surface area contributed by atoms with Crippen LogP contribution in [0.4, 0.5) is 31.4 Å². The molecule has 23 nitrogen and oxygen atoms in total.